The molecule has 5 heteroatoms. The molecule has 154 valence electrons. The van der Waals surface area contributed by atoms with Crippen molar-refractivity contribution in [1.29, 1.82) is 0 Å². The lowest BCUT2D eigenvalue weighted by Gasteiger charge is -2.10. The Hall–Kier alpha value is -2.63. The highest BCUT2D eigenvalue weighted by Crippen LogP contribution is 2.23. The van der Waals surface area contributed by atoms with Gasteiger partial charge in [0.15, 0.2) is 4.80 Å². The second kappa shape index (κ2) is 10.4. The number of hydrogen-bond acceptors (Lipinski definition) is 3. The molecule has 30 heavy (non-hydrogen) atoms. The number of methoxy groups -OCH3 is 1. The molecule has 0 spiro atoms. The predicted octanol–water partition coefficient (Wildman–Crippen LogP) is 6.65. The molecule has 0 unspecified atom stereocenters. The largest absolute Gasteiger partial charge is 0.497 e. The number of rotatable bonds is 6. The summed E-state index contributed by atoms with van der Waals surface area (Å²) in [7, 11) is 1.68. The Morgan fingerprint density at radius 1 is 0.867 bits per heavy atom. The van der Waals surface area contributed by atoms with Gasteiger partial charge < -0.3 is 9.30 Å². The minimum Gasteiger partial charge on any atom is -0.497 e. The van der Waals surface area contributed by atoms with Gasteiger partial charge in [-0.1, -0.05) is 61.5 Å². The van der Waals surface area contributed by atoms with Crippen molar-refractivity contribution in [1.82, 2.24) is 4.57 Å². The number of benzene rings is 3. The van der Waals surface area contributed by atoms with E-state index in [2.05, 4.69) is 71.5 Å². The summed E-state index contributed by atoms with van der Waals surface area (Å²) in [5, 5.41) is 2.20. The van der Waals surface area contributed by atoms with Gasteiger partial charge in [-0.2, -0.15) is 0 Å². The quantitative estimate of drug-likeness (QED) is 0.303. The highest BCUT2D eigenvalue weighted by atomic mass is 79.9. The van der Waals surface area contributed by atoms with Gasteiger partial charge in [0.1, 0.15) is 5.75 Å². The Morgan fingerprint density at radius 3 is 2.20 bits per heavy atom. The molecule has 4 aromatic rings. The first-order valence-electron chi connectivity index (χ1n) is 9.77. The van der Waals surface area contributed by atoms with E-state index in [1.807, 2.05) is 24.3 Å². The van der Waals surface area contributed by atoms with Crippen molar-refractivity contribution in [2.75, 3.05) is 7.11 Å². The Bertz CT molecular complexity index is 1130. The summed E-state index contributed by atoms with van der Waals surface area (Å²) in [5.74, 6) is 0.837. The average Bonchev–Trinajstić information content (AvgIpc) is 3.17. The van der Waals surface area contributed by atoms with Gasteiger partial charge in [0.05, 0.1) is 25.0 Å². The predicted molar refractivity (Wildman–Crippen MR) is 131 cm³/mol. The molecule has 3 nitrogen and oxygen atoms in total. The summed E-state index contributed by atoms with van der Waals surface area (Å²) in [6, 6.07) is 27.2. The van der Waals surface area contributed by atoms with Gasteiger partial charge in [-0.05, 0) is 47.4 Å². The van der Waals surface area contributed by atoms with Crippen LogP contribution in [0.25, 0.3) is 11.3 Å². The highest BCUT2D eigenvalue weighted by molar-refractivity contribution is 8.93. The fourth-order valence-electron chi connectivity index (χ4n) is 3.25. The molecule has 0 bridgehead atoms. The van der Waals surface area contributed by atoms with E-state index in [0.29, 0.717) is 0 Å². The molecule has 0 radical (unpaired) electrons. The van der Waals surface area contributed by atoms with E-state index in [1.54, 1.807) is 18.4 Å². The van der Waals surface area contributed by atoms with Gasteiger partial charge in [-0.15, -0.1) is 28.3 Å². The van der Waals surface area contributed by atoms with E-state index in [9.17, 15) is 0 Å². The molecule has 4 rings (SSSR count). The topological polar surface area (TPSA) is 26.5 Å². The van der Waals surface area contributed by atoms with Crippen molar-refractivity contribution in [3.8, 4) is 17.0 Å². The third kappa shape index (κ3) is 5.10. The SMILES string of the molecule is Br.CCc1ccc(-c2csc(=Nc3ccc(OC)cc3)n2Cc2ccccc2)cc1. The molecule has 3 aromatic carbocycles. The van der Waals surface area contributed by atoms with Gasteiger partial charge in [-0.3, -0.25) is 0 Å². The molecule has 0 aliphatic heterocycles. The second-order valence-corrected chi connectivity index (χ2v) is 7.67. The van der Waals surface area contributed by atoms with Gasteiger partial charge in [-0.25, -0.2) is 4.99 Å². The third-order valence-electron chi connectivity index (χ3n) is 4.94. The minimum absolute atomic E-state index is 0. The first kappa shape index (κ1) is 22.1. The van der Waals surface area contributed by atoms with Gasteiger partial charge >= 0.3 is 0 Å². The molecule has 0 amide bonds. The summed E-state index contributed by atoms with van der Waals surface area (Å²) in [4.78, 5) is 5.90. The van der Waals surface area contributed by atoms with Crippen molar-refractivity contribution < 1.29 is 4.74 Å². The van der Waals surface area contributed by atoms with Crippen LogP contribution in [0.3, 0.4) is 0 Å². The number of aryl methyl sites for hydroxylation is 1. The Kier molecular flexibility index (Phi) is 7.66. The maximum absolute atomic E-state index is 5.26. The zero-order valence-electron chi connectivity index (χ0n) is 17.1. The summed E-state index contributed by atoms with van der Waals surface area (Å²) in [6.45, 7) is 2.96. The maximum Gasteiger partial charge on any atom is 0.190 e. The van der Waals surface area contributed by atoms with E-state index in [-0.39, 0.29) is 17.0 Å². The molecule has 0 aliphatic carbocycles. The number of aromatic nitrogens is 1. The summed E-state index contributed by atoms with van der Waals surface area (Å²) in [5.41, 5.74) is 5.93. The molecule has 0 atom stereocenters. The summed E-state index contributed by atoms with van der Waals surface area (Å²) >= 11 is 1.67. The van der Waals surface area contributed by atoms with Crippen molar-refractivity contribution in [3.05, 3.63) is 100 Å². The summed E-state index contributed by atoms with van der Waals surface area (Å²) in [6.07, 6.45) is 1.05. The molecule has 0 fully saturated rings. The molecule has 1 heterocycles. The monoisotopic (exact) mass is 480 g/mol. The van der Waals surface area contributed by atoms with Gasteiger partial charge in [0, 0.05) is 5.38 Å². The van der Waals surface area contributed by atoms with Crippen LogP contribution in [0.5, 0.6) is 5.75 Å². The van der Waals surface area contributed by atoms with Crippen molar-refractivity contribution in [2.45, 2.75) is 19.9 Å². The lowest BCUT2D eigenvalue weighted by atomic mass is 10.1. The van der Waals surface area contributed by atoms with E-state index in [1.165, 1.54) is 22.4 Å². The van der Waals surface area contributed by atoms with Crippen molar-refractivity contribution >= 4 is 34.0 Å². The molecular weight excluding hydrogens is 456 g/mol. The van der Waals surface area contributed by atoms with Crippen LogP contribution in [0.2, 0.25) is 0 Å². The van der Waals surface area contributed by atoms with Crippen LogP contribution in [-0.2, 0) is 13.0 Å². The zero-order chi connectivity index (χ0) is 20.1. The molecule has 0 saturated heterocycles. The number of nitrogens with zero attached hydrogens (tertiary/aromatic N) is 2. The fraction of sp³-hybridized carbons (Fsp3) is 0.160. The standard InChI is InChI=1S/C25H24N2OS.BrH/c1-3-19-9-11-21(12-10-19)24-18-29-25(26-22-13-15-23(28-2)16-14-22)27(24)17-20-7-5-4-6-8-20;/h4-16,18H,3,17H2,1-2H3;1H. The van der Waals surface area contributed by atoms with Crippen LogP contribution in [0.1, 0.15) is 18.1 Å². The van der Waals surface area contributed by atoms with Crippen LogP contribution < -0.4 is 9.54 Å². The van der Waals surface area contributed by atoms with E-state index in [4.69, 9.17) is 9.73 Å². The number of thiazole rings is 1. The van der Waals surface area contributed by atoms with E-state index < -0.39 is 0 Å². The minimum atomic E-state index is 0. The lowest BCUT2D eigenvalue weighted by molar-refractivity contribution is 0.415. The maximum atomic E-state index is 5.26. The van der Waals surface area contributed by atoms with Crippen LogP contribution >= 0.6 is 28.3 Å². The smallest absolute Gasteiger partial charge is 0.190 e. The number of hydrogen-bond donors (Lipinski definition) is 0. The highest BCUT2D eigenvalue weighted by Gasteiger charge is 2.09. The summed E-state index contributed by atoms with van der Waals surface area (Å²) < 4.78 is 7.56. The Balaban J connectivity index is 0.00000256. The van der Waals surface area contributed by atoms with E-state index in [0.717, 1.165) is 29.2 Å². The normalized spacial score (nSPS) is 11.2. The van der Waals surface area contributed by atoms with Crippen molar-refractivity contribution in [3.63, 3.8) is 0 Å². The van der Waals surface area contributed by atoms with Crippen LogP contribution in [-0.4, -0.2) is 11.7 Å². The fourth-order valence-corrected chi connectivity index (χ4v) is 4.18. The lowest BCUT2D eigenvalue weighted by Crippen LogP contribution is -2.16. The zero-order valence-corrected chi connectivity index (χ0v) is 19.6. The molecule has 0 N–H and O–H groups in total. The molecule has 0 saturated carbocycles. The van der Waals surface area contributed by atoms with Crippen molar-refractivity contribution in [2.24, 2.45) is 4.99 Å². The van der Waals surface area contributed by atoms with E-state index >= 15 is 0 Å². The van der Waals surface area contributed by atoms with Gasteiger partial charge in [0.25, 0.3) is 0 Å². The number of halogens is 1. The molecule has 1 aromatic heterocycles. The first-order chi connectivity index (χ1) is 14.3. The van der Waals surface area contributed by atoms with Crippen LogP contribution in [0.4, 0.5) is 5.69 Å². The second-order valence-electron chi connectivity index (χ2n) is 6.84. The molecule has 0 aliphatic rings. The first-order valence-corrected chi connectivity index (χ1v) is 10.6. The average molecular weight is 481 g/mol. The van der Waals surface area contributed by atoms with Crippen LogP contribution in [0.15, 0.2) is 89.2 Å². The van der Waals surface area contributed by atoms with Gasteiger partial charge in [0.2, 0.25) is 0 Å². The molecular formula is C25H25BrN2OS. The Labute approximate surface area is 192 Å². The van der Waals surface area contributed by atoms with Crippen LogP contribution in [0, 0.1) is 0 Å². The Morgan fingerprint density at radius 2 is 1.57 bits per heavy atom. The third-order valence-corrected chi connectivity index (χ3v) is 5.80. The number of ether oxygens (including phenoxy) is 1.